The maximum atomic E-state index is 15.6. The van der Waals surface area contributed by atoms with Gasteiger partial charge in [0.1, 0.15) is 11.6 Å². The van der Waals surface area contributed by atoms with Gasteiger partial charge in [-0.3, -0.25) is 4.98 Å². The summed E-state index contributed by atoms with van der Waals surface area (Å²) in [6.45, 7) is 6.02. The molecule has 6 rings (SSSR count). The van der Waals surface area contributed by atoms with Crippen LogP contribution in [-0.4, -0.2) is 49.5 Å². The number of ether oxygens (including phenoxy) is 2. The van der Waals surface area contributed by atoms with Crippen LogP contribution in [0.15, 0.2) is 48.7 Å². The highest BCUT2D eigenvalue weighted by molar-refractivity contribution is 6.10. The van der Waals surface area contributed by atoms with Crippen LogP contribution in [-0.2, 0) is 17.4 Å². The van der Waals surface area contributed by atoms with E-state index in [1.54, 1.807) is 31.7 Å². The highest BCUT2D eigenvalue weighted by Gasteiger charge is 2.34. The quantitative estimate of drug-likeness (QED) is 0.290. The van der Waals surface area contributed by atoms with Crippen LogP contribution in [0.1, 0.15) is 56.0 Å². The zero-order valence-electron chi connectivity index (χ0n) is 23.5. The Hall–Kier alpha value is -3.82. The molecule has 1 aliphatic heterocycles. The van der Waals surface area contributed by atoms with E-state index in [0.29, 0.717) is 23.5 Å². The molecule has 5 aromatic rings. The third-order valence-electron chi connectivity index (χ3n) is 7.97. The molecule has 3 aromatic heterocycles. The first-order valence-electron chi connectivity index (χ1n) is 13.7. The van der Waals surface area contributed by atoms with Gasteiger partial charge >= 0.3 is 0 Å². The summed E-state index contributed by atoms with van der Waals surface area (Å²) in [5, 5.41) is 20.2. The van der Waals surface area contributed by atoms with Gasteiger partial charge in [0.05, 0.1) is 58.2 Å². The predicted octanol–water partition coefficient (Wildman–Crippen LogP) is 5.83. The van der Waals surface area contributed by atoms with Crippen LogP contribution in [0.4, 0.5) is 4.39 Å². The monoisotopic (exact) mass is 543 g/mol. The lowest BCUT2D eigenvalue weighted by atomic mass is 9.94. The molecule has 8 nitrogen and oxygen atoms in total. The first kappa shape index (κ1) is 26.4. The van der Waals surface area contributed by atoms with Gasteiger partial charge in [-0.2, -0.15) is 0 Å². The molecule has 0 aliphatic carbocycles. The minimum atomic E-state index is -1.13. The minimum absolute atomic E-state index is 0.259. The Labute approximate surface area is 232 Å². The first-order chi connectivity index (χ1) is 19.2. The molecule has 2 aromatic carbocycles. The van der Waals surface area contributed by atoms with Crippen molar-refractivity contribution in [1.29, 1.82) is 0 Å². The second-order valence-electron chi connectivity index (χ2n) is 11.1. The summed E-state index contributed by atoms with van der Waals surface area (Å²) in [4.78, 5) is 4.95. The highest BCUT2D eigenvalue weighted by Crippen LogP contribution is 2.44. The summed E-state index contributed by atoms with van der Waals surface area (Å²) in [6, 6.07) is 12.3. The molecule has 0 spiro atoms. The lowest BCUT2D eigenvalue weighted by Crippen LogP contribution is -2.31. The zero-order valence-corrected chi connectivity index (χ0v) is 23.5. The molecule has 0 saturated carbocycles. The molecule has 9 heteroatoms. The Morgan fingerprint density at radius 2 is 1.95 bits per heavy atom. The van der Waals surface area contributed by atoms with E-state index in [1.165, 1.54) is 6.07 Å². The number of aromatic nitrogens is 5. The van der Waals surface area contributed by atoms with Crippen molar-refractivity contribution >= 4 is 21.9 Å². The molecule has 2 unspecified atom stereocenters. The molecular weight excluding hydrogens is 509 g/mol. The summed E-state index contributed by atoms with van der Waals surface area (Å²) in [6.07, 6.45) is 4.32. The highest BCUT2D eigenvalue weighted by atomic mass is 19.1. The Bertz CT molecular complexity index is 1690. The lowest BCUT2D eigenvalue weighted by Gasteiger charge is -2.33. The third-order valence-corrected chi connectivity index (χ3v) is 7.97. The van der Waals surface area contributed by atoms with Crippen molar-refractivity contribution < 1.29 is 19.0 Å². The number of aryl methyl sites for hydroxylation is 2. The van der Waals surface area contributed by atoms with Gasteiger partial charge in [0.15, 0.2) is 0 Å². The lowest BCUT2D eigenvalue weighted by molar-refractivity contribution is -0.00622. The molecule has 1 fully saturated rings. The van der Waals surface area contributed by atoms with Crippen LogP contribution in [0.2, 0.25) is 0 Å². The Balaban J connectivity index is 1.76. The number of methoxy groups -OCH3 is 1. The minimum Gasteiger partial charge on any atom is -0.496 e. The topological polar surface area (TPSA) is 87.2 Å². The molecule has 1 aliphatic rings. The van der Waals surface area contributed by atoms with Gasteiger partial charge in [-0.15, -0.1) is 5.10 Å². The van der Waals surface area contributed by atoms with Crippen LogP contribution in [0, 0.1) is 12.7 Å². The van der Waals surface area contributed by atoms with Gasteiger partial charge in [-0.1, -0.05) is 23.4 Å². The van der Waals surface area contributed by atoms with Gasteiger partial charge in [0, 0.05) is 31.0 Å². The molecule has 2 atom stereocenters. The van der Waals surface area contributed by atoms with Crippen molar-refractivity contribution in [2.45, 2.75) is 57.8 Å². The number of nitrogens with zero attached hydrogens (tertiary/aromatic N) is 5. The molecule has 40 heavy (non-hydrogen) atoms. The van der Waals surface area contributed by atoms with Crippen molar-refractivity contribution in [3.63, 3.8) is 0 Å². The van der Waals surface area contributed by atoms with E-state index >= 15 is 4.39 Å². The second-order valence-corrected chi connectivity index (χ2v) is 11.1. The first-order valence-corrected chi connectivity index (χ1v) is 13.7. The van der Waals surface area contributed by atoms with E-state index in [4.69, 9.17) is 14.5 Å². The number of aliphatic hydroxyl groups is 1. The average molecular weight is 544 g/mol. The van der Waals surface area contributed by atoms with Gasteiger partial charge < -0.3 is 19.1 Å². The van der Waals surface area contributed by atoms with Gasteiger partial charge in [0.2, 0.25) is 0 Å². The zero-order chi connectivity index (χ0) is 28.2. The number of rotatable bonds is 6. The summed E-state index contributed by atoms with van der Waals surface area (Å²) in [5.41, 5.74) is 4.91. The van der Waals surface area contributed by atoms with Crippen LogP contribution < -0.4 is 4.74 Å². The number of hydrogen-bond donors (Lipinski definition) is 1. The van der Waals surface area contributed by atoms with E-state index < -0.39 is 11.6 Å². The molecule has 208 valence electrons. The van der Waals surface area contributed by atoms with Crippen molar-refractivity contribution in [2.24, 2.45) is 7.05 Å². The number of fused-ring (bicyclic) bond motifs is 3. The smallest absolute Gasteiger partial charge is 0.130 e. The van der Waals surface area contributed by atoms with E-state index in [1.807, 2.05) is 44.4 Å². The van der Waals surface area contributed by atoms with E-state index in [2.05, 4.69) is 20.9 Å². The molecule has 4 heterocycles. The summed E-state index contributed by atoms with van der Waals surface area (Å²) >= 11 is 0. The van der Waals surface area contributed by atoms with Crippen LogP contribution in [0.5, 0.6) is 5.75 Å². The fourth-order valence-electron chi connectivity index (χ4n) is 6.02. The fraction of sp³-hybridized carbons (Fsp3) is 0.387. The molecule has 0 amide bonds. The summed E-state index contributed by atoms with van der Waals surface area (Å²) in [7, 11) is 3.47. The Morgan fingerprint density at radius 3 is 2.60 bits per heavy atom. The van der Waals surface area contributed by atoms with Crippen molar-refractivity contribution in [1.82, 2.24) is 24.5 Å². The van der Waals surface area contributed by atoms with Gasteiger partial charge in [-0.05, 0) is 69.9 Å². The normalized spacial score (nSPS) is 17.0. The number of benzene rings is 2. The van der Waals surface area contributed by atoms with Crippen LogP contribution in [0.25, 0.3) is 33.2 Å². The SMILES string of the molecule is COc1cc(C(C)(C)O)cc2c1c1ncc(-c3c(C)nnn3C)cc1n2C(c1ccccc1F)C1CCCCO1. The maximum absolute atomic E-state index is 15.6. The van der Waals surface area contributed by atoms with Gasteiger partial charge in [-0.25, -0.2) is 9.07 Å². The van der Waals surface area contributed by atoms with E-state index in [0.717, 1.165) is 58.2 Å². The second kappa shape index (κ2) is 9.98. The Morgan fingerprint density at radius 1 is 1.15 bits per heavy atom. The van der Waals surface area contributed by atoms with Crippen molar-refractivity contribution in [3.05, 3.63) is 71.3 Å². The maximum Gasteiger partial charge on any atom is 0.130 e. The fourth-order valence-corrected chi connectivity index (χ4v) is 6.02. The van der Waals surface area contributed by atoms with Crippen molar-refractivity contribution in [3.8, 4) is 17.0 Å². The Kier molecular flexibility index (Phi) is 6.59. The van der Waals surface area contributed by atoms with E-state index in [9.17, 15) is 5.11 Å². The van der Waals surface area contributed by atoms with Crippen molar-refractivity contribution in [2.75, 3.05) is 13.7 Å². The average Bonchev–Trinajstić information content (AvgIpc) is 3.45. The number of pyridine rings is 1. The number of hydrogen-bond acceptors (Lipinski definition) is 6. The number of halogens is 1. The molecule has 1 N–H and O–H groups in total. The largest absolute Gasteiger partial charge is 0.496 e. The van der Waals surface area contributed by atoms with E-state index in [-0.39, 0.29) is 11.9 Å². The summed E-state index contributed by atoms with van der Waals surface area (Å²) in [5.74, 6) is 0.298. The molecule has 0 bridgehead atoms. The summed E-state index contributed by atoms with van der Waals surface area (Å²) < 4.78 is 31.7. The standard InChI is InChI=1S/C31H34FN5O3/c1-18-29(36(4)35-34-18)19-14-24-28(33-17-19)27-23(15-20(31(2,3)38)16-26(27)39-5)37(24)30(25-12-8-9-13-40-25)21-10-6-7-11-22(21)32/h6-7,10-11,14-17,25,30,38H,8-9,12-13H2,1-5H3. The van der Waals surface area contributed by atoms with Crippen LogP contribution >= 0.6 is 0 Å². The predicted molar refractivity (Wildman–Crippen MR) is 152 cm³/mol. The molecule has 1 saturated heterocycles. The van der Waals surface area contributed by atoms with Gasteiger partial charge in [0.25, 0.3) is 0 Å². The molecular formula is C31H34FN5O3. The molecule has 0 radical (unpaired) electrons. The van der Waals surface area contributed by atoms with Crippen LogP contribution in [0.3, 0.4) is 0 Å². The third kappa shape index (κ3) is 4.33.